The molecule has 1 unspecified atom stereocenters. The van der Waals surface area contributed by atoms with Crippen LogP contribution in [0.25, 0.3) is 0 Å². The van der Waals surface area contributed by atoms with Gasteiger partial charge in [-0.15, -0.1) is 6.58 Å². The Kier molecular flexibility index (Phi) is 1.86. The summed E-state index contributed by atoms with van der Waals surface area (Å²) < 4.78 is 0. The number of hydrogen-bond donors (Lipinski definition) is 0. The van der Waals surface area contributed by atoms with Crippen LogP contribution in [0.5, 0.6) is 0 Å². The van der Waals surface area contributed by atoms with Crippen LogP contribution in [-0.4, -0.2) is 11.8 Å². The highest BCUT2D eigenvalue weighted by atomic mass is 14.8. The van der Waals surface area contributed by atoms with Gasteiger partial charge in [0.05, 0.1) is 6.04 Å². The molecule has 0 aromatic rings. The van der Waals surface area contributed by atoms with Crippen molar-refractivity contribution in [1.29, 1.82) is 0 Å². The smallest absolute Gasteiger partial charge is 0.0931 e. The summed E-state index contributed by atoms with van der Waals surface area (Å²) in [6, 6.07) is 0.150. The van der Waals surface area contributed by atoms with Gasteiger partial charge in [-0.05, 0) is 18.6 Å². The lowest BCUT2D eigenvalue weighted by Crippen LogP contribution is -1.96. The number of nitrogens with zero attached hydrogens (tertiary/aromatic N) is 1. The van der Waals surface area contributed by atoms with E-state index in [1.807, 2.05) is 25.2 Å². The SMILES string of the molecule is C=CC1=CC(C)=NC1C=C. The lowest BCUT2D eigenvalue weighted by molar-refractivity contribution is 1.01. The van der Waals surface area contributed by atoms with Crippen LogP contribution in [0.15, 0.2) is 42.0 Å². The number of aliphatic imine (C=N–C) groups is 1. The Morgan fingerprint density at radius 1 is 1.60 bits per heavy atom. The molecule has 0 bridgehead atoms. The maximum absolute atomic E-state index is 4.29. The third kappa shape index (κ3) is 1.08. The van der Waals surface area contributed by atoms with E-state index in [2.05, 4.69) is 18.2 Å². The second-order valence-electron chi connectivity index (χ2n) is 2.30. The first-order valence-electron chi connectivity index (χ1n) is 3.29. The maximum Gasteiger partial charge on any atom is 0.0931 e. The highest BCUT2D eigenvalue weighted by molar-refractivity contribution is 5.96. The molecule has 0 aromatic heterocycles. The molecule has 1 rings (SSSR count). The van der Waals surface area contributed by atoms with Gasteiger partial charge in [0.15, 0.2) is 0 Å². The molecule has 0 saturated heterocycles. The van der Waals surface area contributed by atoms with E-state index in [0.717, 1.165) is 11.3 Å². The summed E-state index contributed by atoms with van der Waals surface area (Å²) >= 11 is 0. The molecule has 0 spiro atoms. The molecule has 1 aliphatic heterocycles. The minimum absolute atomic E-state index is 0.150. The minimum Gasteiger partial charge on any atom is -0.278 e. The second kappa shape index (κ2) is 2.65. The monoisotopic (exact) mass is 133 g/mol. The van der Waals surface area contributed by atoms with E-state index < -0.39 is 0 Å². The third-order valence-electron chi connectivity index (χ3n) is 1.52. The van der Waals surface area contributed by atoms with E-state index in [9.17, 15) is 0 Å². The molecule has 0 amide bonds. The van der Waals surface area contributed by atoms with Crippen molar-refractivity contribution >= 4 is 5.71 Å². The van der Waals surface area contributed by atoms with Crippen molar-refractivity contribution in [1.82, 2.24) is 0 Å². The molecular formula is C9H11N. The van der Waals surface area contributed by atoms with Gasteiger partial charge < -0.3 is 0 Å². The number of allylic oxidation sites excluding steroid dienone is 1. The molecule has 1 atom stereocenters. The summed E-state index contributed by atoms with van der Waals surface area (Å²) in [5, 5.41) is 0. The Labute approximate surface area is 61.5 Å². The van der Waals surface area contributed by atoms with Crippen LogP contribution in [0.4, 0.5) is 0 Å². The van der Waals surface area contributed by atoms with Crippen molar-refractivity contribution in [3.8, 4) is 0 Å². The van der Waals surface area contributed by atoms with Crippen molar-refractivity contribution in [3.05, 3.63) is 37.0 Å². The Morgan fingerprint density at radius 2 is 2.30 bits per heavy atom. The van der Waals surface area contributed by atoms with Crippen molar-refractivity contribution in [2.75, 3.05) is 0 Å². The van der Waals surface area contributed by atoms with Gasteiger partial charge in [0, 0.05) is 5.71 Å². The van der Waals surface area contributed by atoms with Gasteiger partial charge in [-0.1, -0.05) is 18.7 Å². The van der Waals surface area contributed by atoms with Crippen LogP contribution in [0.2, 0.25) is 0 Å². The predicted molar refractivity (Wildman–Crippen MR) is 45.4 cm³/mol. The fourth-order valence-electron chi connectivity index (χ4n) is 1.03. The Balaban J connectivity index is 2.87. The summed E-state index contributed by atoms with van der Waals surface area (Å²) in [7, 11) is 0. The molecule has 1 heteroatoms. The van der Waals surface area contributed by atoms with Gasteiger partial charge in [-0.3, -0.25) is 4.99 Å². The molecular weight excluding hydrogens is 122 g/mol. The van der Waals surface area contributed by atoms with E-state index >= 15 is 0 Å². The van der Waals surface area contributed by atoms with Crippen molar-refractivity contribution < 1.29 is 0 Å². The fraction of sp³-hybridized carbons (Fsp3) is 0.222. The zero-order chi connectivity index (χ0) is 7.56. The first-order valence-corrected chi connectivity index (χ1v) is 3.29. The normalized spacial score (nSPS) is 23.5. The molecule has 1 heterocycles. The summed E-state index contributed by atoms with van der Waals surface area (Å²) in [4.78, 5) is 4.29. The lowest BCUT2D eigenvalue weighted by atomic mass is 10.1. The van der Waals surface area contributed by atoms with Crippen LogP contribution >= 0.6 is 0 Å². The van der Waals surface area contributed by atoms with Crippen LogP contribution in [0.3, 0.4) is 0 Å². The summed E-state index contributed by atoms with van der Waals surface area (Å²) in [6.45, 7) is 9.34. The third-order valence-corrected chi connectivity index (χ3v) is 1.52. The summed E-state index contributed by atoms with van der Waals surface area (Å²) in [5.41, 5.74) is 2.20. The first-order chi connectivity index (χ1) is 4.77. The average molecular weight is 133 g/mol. The van der Waals surface area contributed by atoms with Crippen molar-refractivity contribution in [3.63, 3.8) is 0 Å². The molecule has 0 aromatic carbocycles. The Bertz CT molecular complexity index is 221. The summed E-state index contributed by atoms with van der Waals surface area (Å²) in [6.07, 6.45) is 5.68. The zero-order valence-electron chi connectivity index (χ0n) is 6.17. The van der Waals surface area contributed by atoms with Gasteiger partial charge in [0.1, 0.15) is 0 Å². The Hall–Kier alpha value is -1.11. The topological polar surface area (TPSA) is 12.4 Å². The van der Waals surface area contributed by atoms with Crippen molar-refractivity contribution in [2.45, 2.75) is 13.0 Å². The van der Waals surface area contributed by atoms with Crippen LogP contribution in [0.1, 0.15) is 6.92 Å². The zero-order valence-corrected chi connectivity index (χ0v) is 6.17. The molecule has 52 valence electrons. The van der Waals surface area contributed by atoms with Gasteiger partial charge in [-0.2, -0.15) is 0 Å². The van der Waals surface area contributed by atoms with E-state index in [1.165, 1.54) is 0 Å². The predicted octanol–water partition coefficient (Wildman–Crippen LogP) is 2.13. The molecule has 10 heavy (non-hydrogen) atoms. The Morgan fingerprint density at radius 3 is 2.70 bits per heavy atom. The largest absolute Gasteiger partial charge is 0.278 e. The highest BCUT2D eigenvalue weighted by Crippen LogP contribution is 2.15. The minimum atomic E-state index is 0.150. The second-order valence-corrected chi connectivity index (χ2v) is 2.30. The quantitative estimate of drug-likeness (QED) is 0.512. The van der Waals surface area contributed by atoms with E-state index in [0.29, 0.717) is 0 Å². The van der Waals surface area contributed by atoms with E-state index in [1.54, 1.807) is 0 Å². The molecule has 0 saturated carbocycles. The van der Waals surface area contributed by atoms with E-state index in [-0.39, 0.29) is 6.04 Å². The molecule has 1 aliphatic rings. The van der Waals surface area contributed by atoms with Crippen molar-refractivity contribution in [2.24, 2.45) is 4.99 Å². The van der Waals surface area contributed by atoms with Gasteiger partial charge >= 0.3 is 0 Å². The first kappa shape index (κ1) is 7.00. The summed E-state index contributed by atoms with van der Waals surface area (Å²) in [5.74, 6) is 0. The maximum atomic E-state index is 4.29. The molecule has 0 N–H and O–H groups in total. The van der Waals surface area contributed by atoms with Gasteiger partial charge in [-0.25, -0.2) is 0 Å². The van der Waals surface area contributed by atoms with Crippen LogP contribution < -0.4 is 0 Å². The lowest BCUT2D eigenvalue weighted by Gasteiger charge is -1.99. The highest BCUT2D eigenvalue weighted by Gasteiger charge is 2.11. The standard InChI is InChI=1S/C9H11N/c1-4-8-6-7(3)10-9(8)5-2/h4-6,9H,1-2H2,3H3. The molecule has 0 fully saturated rings. The fourth-order valence-corrected chi connectivity index (χ4v) is 1.03. The molecule has 0 aliphatic carbocycles. The number of hydrogen-bond acceptors (Lipinski definition) is 1. The number of rotatable bonds is 2. The van der Waals surface area contributed by atoms with Gasteiger partial charge in [0.2, 0.25) is 0 Å². The van der Waals surface area contributed by atoms with Gasteiger partial charge in [0.25, 0.3) is 0 Å². The van der Waals surface area contributed by atoms with Crippen LogP contribution in [-0.2, 0) is 0 Å². The molecule has 0 radical (unpaired) electrons. The van der Waals surface area contributed by atoms with E-state index in [4.69, 9.17) is 0 Å². The average Bonchev–Trinajstić information content (AvgIpc) is 2.30. The van der Waals surface area contributed by atoms with Crippen LogP contribution in [0, 0.1) is 0 Å². The molecule has 1 nitrogen and oxygen atoms in total.